The molecule has 0 aromatic heterocycles. The summed E-state index contributed by atoms with van der Waals surface area (Å²) in [5.74, 6) is 0. The van der Waals surface area contributed by atoms with Gasteiger partial charge in [0.05, 0.1) is 39.5 Å². The Bertz CT molecular complexity index is 1810. The number of phosphoric acid groups is 2. The van der Waals surface area contributed by atoms with Gasteiger partial charge in [-0.2, -0.15) is 0 Å². The zero-order valence-corrected chi connectivity index (χ0v) is 41.2. The first-order valence-electron chi connectivity index (χ1n) is 19.0. The van der Waals surface area contributed by atoms with Crippen LogP contribution in [0.2, 0.25) is 0 Å². The zero-order chi connectivity index (χ0) is 43.3. The summed E-state index contributed by atoms with van der Waals surface area (Å²) in [5.41, 5.74) is 2.81. The van der Waals surface area contributed by atoms with Crippen LogP contribution in [0, 0.1) is 10.8 Å². The summed E-state index contributed by atoms with van der Waals surface area (Å²) in [5, 5.41) is 23.5. The van der Waals surface area contributed by atoms with Gasteiger partial charge in [0.2, 0.25) is 0 Å². The molecule has 2 unspecified atom stereocenters. The van der Waals surface area contributed by atoms with Crippen LogP contribution in [0.5, 0.6) is 0 Å². The minimum Gasteiger partial charge on any atom is -0.756 e. The SMILES string of the molecule is CC1(C)COP(=O)([O-])O[C@@H]1c1ccccc1Br.CC1(C)COP(=O)([O-])O[C@@H]1c1ccccc1Br.C[NH2+][C@@H](C)[C@H](O)c1ccccc1.C[NH2+][C@@H](C)[C@H](O)c1ccccc1.O.O.O.O. The van der Waals surface area contributed by atoms with Gasteiger partial charge in [-0.3, -0.25) is 9.13 Å². The van der Waals surface area contributed by atoms with E-state index in [0.717, 1.165) is 31.2 Å². The molecule has 8 atom stereocenters. The van der Waals surface area contributed by atoms with Crippen LogP contribution in [0.25, 0.3) is 0 Å². The molecule has 2 heterocycles. The quantitative estimate of drug-likeness (QED) is 0.187. The first-order chi connectivity index (χ1) is 27.1. The molecule has 0 aliphatic carbocycles. The number of phosphoric ester groups is 2. The highest BCUT2D eigenvalue weighted by atomic mass is 79.9. The van der Waals surface area contributed by atoms with Crippen molar-refractivity contribution in [2.45, 2.75) is 78.0 Å². The highest BCUT2D eigenvalue weighted by molar-refractivity contribution is 9.10. The van der Waals surface area contributed by atoms with Crippen molar-refractivity contribution >= 4 is 47.5 Å². The summed E-state index contributed by atoms with van der Waals surface area (Å²) in [6.07, 6.45) is -1.79. The van der Waals surface area contributed by atoms with Gasteiger partial charge in [0, 0.05) is 19.8 Å². The van der Waals surface area contributed by atoms with Gasteiger partial charge in [-0.1, -0.05) is 157 Å². The Hall–Kier alpha value is -2.26. The van der Waals surface area contributed by atoms with Gasteiger partial charge in [0.1, 0.15) is 24.3 Å². The Balaban J connectivity index is 0. The molecule has 0 bridgehead atoms. The van der Waals surface area contributed by atoms with E-state index < -0.39 is 38.7 Å². The number of quaternary nitrogens is 2. The second-order valence-corrected chi connectivity index (χ2v) is 20.0. The third-order valence-corrected chi connectivity index (χ3v) is 13.1. The number of hydrogen-bond acceptors (Lipinski definition) is 10. The van der Waals surface area contributed by atoms with Crippen LogP contribution in [-0.4, -0.2) is 71.5 Å². The molecule has 0 saturated carbocycles. The Morgan fingerprint density at radius 1 is 0.581 bits per heavy atom. The predicted octanol–water partition coefficient (Wildman–Crippen LogP) is 3.37. The first kappa shape index (κ1) is 61.8. The molecule has 0 radical (unpaired) electrons. The van der Waals surface area contributed by atoms with Crippen LogP contribution in [0.3, 0.4) is 0 Å². The minimum atomic E-state index is -4.18. The largest absolute Gasteiger partial charge is 0.756 e. The summed E-state index contributed by atoms with van der Waals surface area (Å²) in [7, 11) is -4.42. The van der Waals surface area contributed by atoms with E-state index in [4.69, 9.17) is 18.1 Å². The molecule has 4 aromatic rings. The molecule has 0 spiro atoms. The molecule has 2 aliphatic rings. The standard InChI is InChI=1S/2C11H14BrO4P.2C10H15NO.4H2O/c2*1-11(2)7-15-17(13,14)16-10(11)8-5-3-4-6-9(8)12;2*1-8(11-2)10(12)9-6-4-3-5-7-9;;;;/h2*3-6,10H,7H2,1-2H3,(H,13,14);2*3-8,10-12H,1-2H3;4*1H2/t2*10-;2*8-,10-;;;;/m1100..../s1. The van der Waals surface area contributed by atoms with Gasteiger partial charge >= 0.3 is 0 Å². The Morgan fingerprint density at radius 3 is 1.13 bits per heavy atom. The first-order valence-corrected chi connectivity index (χ1v) is 23.5. The maximum absolute atomic E-state index is 11.4. The maximum Gasteiger partial charge on any atom is 0.268 e. The Morgan fingerprint density at radius 2 is 0.855 bits per heavy atom. The second-order valence-electron chi connectivity index (χ2n) is 15.5. The van der Waals surface area contributed by atoms with Gasteiger partial charge in [0.25, 0.3) is 15.6 Å². The van der Waals surface area contributed by atoms with Crippen LogP contribution in [0.1, 0.15) is 88.2 Å². The average molecular weight is 1040 g/mol. The van der Waals surface area contributed by atoms with Gasteiger partial charge in [0.15, 0.2) is 0 Å². The average Bonchev–Trinajstić information content (AvgIpc) is 3.21. The lowest BCUT2D eigenvalue weighted by atomic mass is 9.83. The van der Waals surface area contributed by atoms with Crippen molar-refractivity contribution < 1.29 is 79.8 Å². The van der Waals surface area contributed by atoms with Crippen molar-refractivity contribution in [1.82, 2.24) is 0 Å². The summed E-state index contributed by atoms with van der Waals surface area (Å²) < 4.78 is 44.1. The predicted molar refractivity (Wildman–Crippen MR) is 242 cm³/mol. The van der Waals surface area contributed by atoms with E-state index in [1.165, 1.54) is 0 Å². The topological polar surface area (TPSA) is 317 Å². The molecule has 2 aliphatic heterocycles. The van der Waals surface area contributed by atoms with E-state index in [-0.39, 0.29) is 59.4 Å². The van der Waals surface area contributed by atoms with Crippen molar-refractivity contribution in [2.75, 3.05) is 27.3 Å². The third kappa shape index (κ3) is 18.7. The highest BCUT2D eigenvalue weighted by Crippen LogP contribution is 2.57. The Labute approximate surface area is 382 Å². The van der Waals surface area contributed by atoms with E-state index in [9.17, 15) is 29.1 Å². The lowest BCUT2D eigenvalue weighted by Crippen LogP contribution is -2.86. The van der Waals surface area contributed by atoms with Gasteiger partial charge in [-0.05, 0) is 48.2 Å². The molecule has 16 nitrogen and oxygen atoms in total. The van der Waals surface area contributed by atoms with Crippen molar-refractivity contribution in [3.63, 3.8) is 0 Å². The van der Waals surface area contributed by atoms with Crippen molar-refractivity contribution in [2.24, 2.45) is 10.8 Å². The monoisotopic (exact) mass is 1040 g/mol. The summed E-state index contributed by atoms with van der Waals surface area (Å²) >= 11 is 6.82. The lowest BCUT2D eigenvalue weighted by molar-refractivity contribution is -0.669. The van der Waals surface area contributed by atoms with Crippen LogP contribution in [-0.2, 0) is 27.2 Å². The van der Waals surface area contributed by atoms with Crippen LogP contribution < -0.4 is 20.4 Å². The van der Waals surface area contributed by atoms with E-state index in [0.29, 0.717) is 0 Å². The van der Waals surface area contributed by atoms with Gasteiger partial charge in [-0.15, -0.1) is 0 Å². The van der Waals surface area contributed by atoms with E-state index in [1.807, 2.05) is 175 Å². The van der Waals surface area contributed by atoms with Crippen LogP contribution >= 0.6 is 47.5 Å². The normalized spacial score (nSPS) is 23.8. The molecule has 352 valence electrons. The van der Waals surface area contributed by atoms with Gasteiger partial charge < -0.3 is 70.6 Å². The summed E-state index contributed by atoms with van der Waals surface area (Å²) in [4.78, 5) is 22.8. The van der Waals surface area contributed by atoms with E-state index in [2.05, 4.69) is 31.9 Å². The van der Waals surface area contributed by atoms with E-state index in [1.54, 1.807) is 0 Å². The number of halogens is 2. The highest BCUT2D eigenvalue weighted by Gasteiger charge is 2.42. The van der Waals surface area contributed by atoms with Crippen molar-refractivity contribution in [3.8, 4) is 0 Å². The molecule has 2 saturated heterocycles. The number of aliphatic hydroxyl groups excluding tert-OH is 2. The fraction of sp³-hybridized carbons (Fsp3) is 0.429. The fourth-order valence-corrected chi connectivity index (χ4v) is 9.25. The molecule has 6 rings (SSSR count). The molecular weight excluding hydrogens is 978 g/mol. The molecule has 0 amide bonds. The smallest absolute Gasteiger partial charge is 0.268 e. The minimum absolute atomic E-state index is 0. The molecule has 2 fully saturated rings. The van der Waals surface area contributed by atoms with Crippen molar-refractivity contribution in [3.05, 3.63) is 140 Å². The Kier molecular flexibility index (Phi) is 27.8. The number of benzene rings is 4. The number of aliphatic hydroxyl groups is 2. The zero-order valence-electron chi connectivity index (χ0n) is 36.2. The molecular formula is C42H66Br2N2O14P2. The number of likely N-dealkylation sites (N-methyl/N-ethyl adjacent to an activating group) is 2. The molecule has 4 aromatic carbocycles. The van der Waals surface area contributed by atoms with Crippen molar-refractivity contribution in [1.29, 1.82) is 0 Å². The summed E-state index contributed by atoms with van der Waals surface area (Å²) in [6, 6.07) is 34.8. The second kappa shape index (κ2) is 27.9. The van der Waals surface area contributed by atoms with E-state index >= 15 is 0 Å². The number of hydrogen-bond donors (Lipinski definition) is 4. The maximum atomic E-state index is 11.4. The number of rotatable bonds is 8. The van der Waals surface area contributed by atoms with Gasteiger partial charge in [-0.25, -0.2) is 0 Å². The molecule has 14 N–H and O–H groups in total. The summed E-state index contributed by atoms with van der Waals surface area (Å²) in [6.45, 7) is 11.9. The fourth-order valence-electron chi connectivity index (χ4n) is 5.85. The van der Waals surface area contributed by atoms with Crippen LogP contribution in [0.15, 0.2) is 118 Å². The van der Waals surface area contributed by atoms with Crippen LogP contribution in [0.4, 0.5) is 0 Å². The number of nitrogens with two attached hydrogens (primary N) is 2. The third-order valence-electron chi connectivity index (χ3n) is 9.78. The lowest BCUT2D eigenvalue weighted by Gasteiger charge is -2.44. The molecule has 20 heteroatoms. The molecule has 62 heavy (non-hydrogen) atoms.